The average molecular weight is 358 g/mol. The zero-order valence-corrected chi connectivity index (χ0v) is 13.5. The fourth-order valence-electron chi connectivity index (χ4n) is 2.72. The molecule has 1 saturated heterocycles. The van der Waals surface area contributed by atoms with Crippen molar-refractivity contribution in [1.29, 1.82) is 0 Å². The SMILES string of the molecule is Nc1nn2cc(F)cnc2c1C(=O)Nc1cncnc1O[C@@H]1CCNC1. The lowest BCUT2D eigenvalue weighted by Gasteiger charge is -2.14. The summed E-state index contributed by atoms with van der Waals surface area (Å²) in [6.07, 6.45) is 5.64. The minimum atomic E-state index is -0.593. The van der Waals surface area contributed by atoms with Crippen LogP contribution in [0, 0.1) is 5.82 Å². The number of nitrogens with one attached hydrogen (secondary N) is 2. The van der Waals surface area contributed by atoms with E-state index in [0.717, 1.165) is 29.9 Å². The number of ether oxygens (including phenoxy) is 1. The molecule has 26 heavy (non-hydrogen) atoms. The average Bonchev–Trinajstić information content (AvgIpc) is 3.23. The van der Waals surface area contributed by atoms with Crippen molar-refractivity contribution in [1.82, 2.24) is 29.9 Å². The van der Waals surface area contributed by atoms with Crippen molar-refractivity contribution in [2.45, 2.75) is 12.5 Å². The largest absolute Gasteiger partial charge is 0.471 e. The number of carbonyl (C=O) groups excluding carboxylic acids is 1. The van der Waals surface area contributed by atoms with Gasteiger partial charge in [0, 0.05) is 6.54 Å². The van der Waals surface area contributed by atoms with Crippen LogP contribution in [0.2, 0.25) is 0 Å². The molecule has 3 aromatic heterocycles. The van der Waals surface area contributed by atoms with Crippen molar-refractivity contribution in [2.75, 3.05) is 24.1 Å². The van der Waals surface area contributed by atoms with E-state index in [1.165, 1.54) is 12.5 Å². The quantitative estimate of drug-likeness (QED) is 0.604. The van der Waals surface area contributed by atoms with E-state index in [1.807, 2.05) is 0 Å². The summed E-state index contributed by atoms with van der Waals surface area (Å²) in [5.41, 5.74) is 6.27. The Kier molecular flexibility index (Phi) is 4.05. The van der Waals surface area contributed by atoms with Gasteiger partial charge in [-0.3, -0.25) is 4.79 Å². The van der Waals surface area contributed by atoms with E-state index >= 15 is 0 Å². The zero-order chi connectivity index (χ0) is 18.1. The van der Waals surface area contributed by atoms with Crippen LogP contribution in [0.25, 0.3) is 5.65 Å². The summed E-state index contributed by atoms with van der Waals surface area (Å²) in [5, 5.41) is 9.75. The van der Waals surface area contributed by atoms with Crippen LogP contribution in [0.4, 0.5) is 15.9 Å². The number of aromatic nitrogens is 5. The Morgan fingerprint density at radius 2 is 2.31 bits per heavy atom. The highest BCUT2D eigenvalue weighted by Gasteiger charge is 2.23. The molecule has 1 aliphatic rings. The molecule has 10 nitrogen and oxygen atoms in total. The third-order valence-corrected chi connectivity index (χ3v) is 3.91. The van der Waals surface area contributed by atoms with Crippen LogP contribution in [-0.2, 0) is 0 Å². The Morgan fingerprint density at radius 1 is 1.42 bits per heavy atom. The van der Waals surface area contributed by atoms with Crippen LogP contribution < -0.4 is 21.1 Å². The second kappa shape index (κ2) is 6.52. The number of nitrogens with two attached hydrogens (primary N) is 1. The van der Waals surface area contributed by atoms with Crippen LogP contribution in [0.1, 0.15) is 16.8 Å². The number of hydrogen-bond donors (Lipinski definition) is 3. The third-order valence-electron chi connectivity index (χ3n) is 3.91. The molecule has 0 aliphatic carbocycles. The predicted octanol–water partition coefficient (Wildman–Crippen LogP) is 0.234. The summed E-state index contributed by atoms with van der Waals surface area (Å²) >= 11 is 0. The normalized spacial score (nSPS) is 16.7. The molecule has 0 aromatic carbocycles. The van der Waals surface area contributed by atoms with Crippen LogP contribution >= 0.6 is 0 Å². The van der Waals surface area contributed by atoms with E-state index in [1.54, 1.807) is 0 Å². The molecule has 0 radical (unpaired) electrons. The molecule has 4 heterocycles. The molecule has 0 unspecified atom stereocenters. The summed E-state index contributed by atoms with van der Waals surface area (Å²) in [7, 11) is 0. The fraction of sp³-hybridized carbons (Fsp3) is 0.267. The maximum absolute atomic E-state index is 13.3. The molecule has 3 aromatic rings. The maximum Gasteiger partial charge on any atom is 0.263 e. The molecule has 11 heteroatoms. The van der Waals surface area contributed by atoms with Crippen molar-refractivity contribution in [3.8, 4) is 5.88 Å². The standard InChI is InChI=1S/C15H15FN8O2/c16-8-3-20-13-11(12(17)23-24(13)6-8)14(25)22-10-5-19-7-21-15(10)26-9-1-2-18-4-9/h3,5-7,9,18H,1-2,4H2,(H2,17,23)(H,22,25)/t9-/m1/s1. The summed E-state index contributed by atoms with van der Waals surface area (Å²) in [6.45, 7) is 1.56. The molecule has 0 bridgehead atoms. The van der Waals surface area contributed by atoms with Crippen molar-refractivity contribution >= 4 is 23.1 Å². The summed E-state index contributed by atoms with van der Waals surface area (Å²) in [5.74, 6) is -0.971. The number of nitrogens with zero attached hydrogens (tertiary/aromatic N) is 5. The zero-order valence-electron chi connectivity index (χ0n) is 13.5. The topological polar surface area (TPSA) is 132 Å². The molecular formula is C15H15FN8O2. The van der Waals surface area contributed by atoms with Crippen LogP contribution in [-0.4, -0.2) is 49.7 Å². The Morgan fingerprint density at radius 3 is 3.12 bits per heavy atom. The van der Waals surface area contributed by atoms with E-state index in [9.17, 15) is 9.18 Å². The Balaban J connectivity index is 1.62. The van der Waals surface area contributed by atoms with Gasteiger partial charge in [-0.05, 0) is 13.0 Å². The van der Waals surface area contributed by atoms with Gasteiger partial charge in [-0.1, -0.05) is 0 Å². The first-order valence-electron chi connectivity index (χ1n) is 7.90. The molecule has 1 amide bonds. The van der Waals surface area contributed by atoms with Gasteiger partial charge in [0.1, 0.15) is 23.7 Å². The van der Waals surface area contributed by atoms with Crippen molar-refractivity contribution in [2.24, 2.45) is 0 Å². The van der Waals surface area contributed by atoms with E-state index in [2.05, 4.69) is 30.7 Å². The van der Waals surface area contributed by atoms with Gasteiger partial charge in [-0.2, -0.15) is 4.98 Å². The molecule has 1 fully saturated rings. The Bertz CT molecular complexity index is 969. The number of nitrogen functional groups attached to an aromatic ring is 1. The van der Waals surface area contributed by atoms with Gasteiger partial charge in [0.05, 0.1) is 18.6 Å². The molecular weight excluding hydrogens is 343 g/mol. The minimum Gasteiger partial charge on any atom is -0.471 e. The van der Waals surface area contributed by atoms with Gasteiger partial charge >= 0.3 is 0 Å². The second-order valence-corrected chi connectivity index (χ2v) is 5.73. The first-order valence-corrected chi connectivity index (χ1v) is 7.90. The van der Waals surface area contributed by atoms with Gasteiger partial charge in [-0.15, -0.1) is 5.10 Å². The van der Waals surface area contributed by atoms with Gasteiger partial charge in [0.2, 0.25) is 5.88 Å². The van der Waals surface area contributed by atoms with E-state index in [0.29, 0.717) is 12.2 Å². The van der Waals surface area contributed by atoms with Gasteiger partial charge in [0.15, 0.2) is 17.3 Å². The lowest BCUT2D eigenvalue weighted by atomic mass is 10.2. The lowest BCUT2D eigenvalue weighted by molar-refractivity contribution is 0.102. The Hall–Kier alpha value is -3.34. The first-order chi connectivity index (χ1) is 12.6. The fourth-order valence-corrected chi connectivity index (χ4v) is 2.72. The highest BCUT2D eigenvalue weighted by atomic mass is 19.1. The predicted molar refractivity (Wildman–Crippen MR) is 89.2 cm³/mol. The van der Waals surface area contributed by atoms with Crippen LogP contribution in [0.3, 0.4) is 0 Å². The highest BCUT2D eigenvalue weighted by molar-refractivity contribution is 6.11. The highest BCUT2D eigenvalue weighted by Crippen LogP contribution is 2.24. The van der Waals surface area contributed by atoms with E-state index in [-0.39, 0.29) is 29.0 Å². The smallest absolute Gasteiger partial charge is 0.263 e. The minimum absolute atomic E-state index is 0.0299. The third kappa shape index (κ3) is 2.99. The number of anilines is 2. The van der Waals surface area contributed by atoms with Crippen molar-refractivity contribution < 1.29 is 13.9 Å². The second-order valence-electron chi connectivity index (χ2n) is 5.73. The number of hydrogen-bond acceptors (Lipinski definition) is 8. The molecule has 4 N–H and O–H groups in total. The van der Waals surface area contributed by atoms with Crippen LogP contribution in [0.5, 0.6) is 5.88 Å². The van der Waals surface area contributed by atoms with Gasteiger partial charge in [0.25, 0.3) is 5.91 Å². The maximum atomic E-state index is 13.3. The number of fused-ring (bicyclic) bond motifs is 1. The number of rotatable bonds is 4. The molecule has 0 spiro atoms. The molecule has 1 aliphatic heterocycles. The molecule has 4 rings (SSSR count). The molecule has 0 saturated carbocycles. The molecule has 1 atom stereocenters. The lowest BCUT2D eigenvalue weighted by Crippen LogP contribution is -2.22. The van der Waals surface area contributed by atoms with Gasteiger partial charge in [-0.25, -0.2) is 18.9 Å². The summed E-state index contributed by atoms with van der Waals surface area (Å²) in [4.78, 5) is 24.6. The number of carbonyl (C=O) groups is 1. The van der Waals surface area contributed by atoms with E-state index < -0.39 is 11.7 Å². The van der Waals surface area contributed by atoms with Crippen molar-refractivity contribution in [3.63, 3.8) is 0 Å². The molecule has 134 valence electrons. The Labute approximate surface area is 146 Å². The van der Waals surface area contributed by atoms with Gasteiger partial charge < -0.3 is 21.1 Å². The monoisotopic (exact) mass is 358 g/mol. The summed E-state index contributed by atoms with van der Waals surface area (Å²) < 4.78 is 20.2. The van der Waals surface area contributed by atoms with Crippen LogP contribution in [0.15, 0.2) is 24.9 Å². The first kappa shape index (κ1) is 16.1. The summed E-state index contributed by atoms with van der Waals surface area (Å²) in [6, 6.07) is 0. The van der Waals surface area contributed by atoms with E-state index in [4.69, 9.17) is 10.5 Å². The van der Waals surface area contributed by atoms with Crippen molar-refractivity contribution in [3.05, 3.63) is 36.3 Å². The number of halogens is 1. The number of amides is 1.